The first-order chi connectivity index (χ1) is 10.7. The normalized spacial score (nSPS) is 23.7. The molecule has 1 aromatic carbocycles. The summed E-state index contributed by atoms with van der Waals surface area (Å²) < 4.78 is 5.81. The molecule has 1 aliphatic carbocycles. The first-order valence-electron chi connectivity index (χ1n) is 8.36. The number of nitrogens with zero attached hydrogens (tertiary/aromatic N) is 1. The minimum atomic E-state index is -0.759. The van der Waals surface area contributed by atoms with Crippen LogP contribution < -0.4 is 4.74 Å². The van der Waals surface area contributed by atoms with Crippen LogP contribution in [0.15, 0.2) is 30.3 Å². The fourth-order valence-electron chi connectivity index (χ4n) is 3.64. The number of hydrogen-bond acceptors (Lipinski definition) is 3. The molecule has 0 bridgehead atoms. The Kier molecular flexibility index (Phi) is 4.67. The predicted molar refractivity (Wildman–Crippen MR) is 84.7 cm³/mol. The SMILES string of the molecule is O=C(CC1(O)CCCC1)N1CCCC1COc1ccccc1. The Bertz CT molecular complexity index is 496. The summed E-state index contributed by atoms with van der Waals surface area (Å²) in [6.07, 6.45) is 5.86. The summed E-state index contributed by atoms with van der Waals surface area (Å²) in [7, 11) is 0. The van der Waals surface area contributed by atoms with E-state index in [2.05, 4.69) is 0 Å². The standard InChI is InChI=1S/C18H25NO3/c20-17(13-18(21)10-4-5-11-18)19-12-6-7-15(19)14-22-16-8-2-1-3-9-16/h1-3,8-9,15,21H,4-7,10-14H2. The van der Waals surface area contributed by atoms with Crippen LogP contribution in [0.5, 0.6) is 5.75 Å². The predicted octanol–water partition coefficient (Wildman–Crippen LogP) is 2.75. The van der Waals surface area contributed by atoms with Gasteiger partial charge in [-0.2, -0.15) is 0 Å². The van der Waals surface area contributed by atoms with E-state index in [0.717, 1.165) is 50.8 Å². The zero-order valence-corrected chi connectivity index (χ0v) is 13.0. The molecule has 1 heterocycles. The number of aliphatic hydroxyl groups is 1. The molecule has 1 aliphatic heterocycles. The molecule has 0 radical (unpaired) electrons. The van der Waals surface area contributed by atoms with Crippen molar-refractivity contribution < 1.29 is 14.6 Å². The monoisotopic (exact) mass is 303 g/mol. The molecule has 2 aliphatic rings. The van der Waals surface area contributed by atoms with Crippen molar-refractivity contribution in [3.63, 3.8) is 0 Å². The molecule has 1 amide bonds. The van der Waals surface area contributed by atoms with E-state index in [4.69, 9.17) is 4.74 Å². The van der Waals surface area contributed by atoms with Crippen molar-refractivity contribution in [3.8, 4) is 5.75 Å². The van der Waals surface area contributed by atoms with E-state index in [1.54, 1.807) is 0 Å². The Labute approximate surface area is 132 Å². The molecule has 22 heavy (non-hydrogen) atoms. The van der Waals surface area contributed by atoms with E-state index in [9.17, 15) is 9.90 Å². The number of ether oxygens (including phenoxy) is 1. The maximum atomic E-state index is 12.5. The van der Waals surface area contributed by atoms with Crippen LogP contribution >= 0.6 is 0 Å². The second-order valence-electron chi connectivity index (χ2n) is 6.62. The molecule has 1 saturated carbocycles. The summed E-state index contributed by atoms with van der Waals surface area (Å²) in [6, 6.07) is 9.86. The Hall–Kier alpha value is -1.55. The average molecular weight is 303 g/mol. The van der Waals surface area contributed by atoms with Crippen molar-refractivity contribution in [2.45, 2.75) is 56.6 Å². The van der Waals surface area contributed by atoms with Crippen molar-refractivity contribution in [1.29, 1.82) is 0 Å². The number of carbonyl (C=O) groups excluding carboxylic acids is 1. The van der Waals surface area contributed by atoms with E-state index >= 15 is 0 Å². The number of hydrogen-bond donors (Lipinski definition) is 1. The Balaban J connectivity index is 1.54. The highest BCUT2D eigenvalue weighted by atomic mass is 16.5. The summed E-state index contributed by atoms with van der Waals surface area (Å²) in [6.45, 7) is 1.33. The maximum Gasteiger partial charge on any atom is 0.225 e. The fourth-order valence-corrected chi connectivity index (χ4v) is 3.64. The quantitative estimate of drug-likeness (QED) is 0.910. The highest BCUT2D eigenvalue weighted by molar-refractivity contribution is 5.78. The van der Waals surface area contributed by atoms with Crippen LogP contribution in [-0.4, -0.2) is 40.7 Å². The van der Waals surface area contributed by atoms with E-state index in [-0.39, 0.29) is 18.4 Å². The third-order valence-electron chi connectivity index (χ3n) is 4.90. The minimum Gasteiger partial charge on any atom is -0.491 e. The second-order valence-corrected chi connectivity index (χ2v) is 6.62. The van der Waals surface area contributed by atoms with Crippen LogP contribution in [0.1, 0.15) is 44.9 Å². The van der Waals surface area contributed by atoms with Crippen LogP contribution in [0.25, 0.3) is 0 Å². The molecular weight excluding hydrogens is 278 g/mol. The molecule has 1 N–H and O–H groups in total. The van der Waals surface area contributed by atoms with Gasteiger partial charge in [0, 0.05) is 6.54 Å². The molecule has 1 aromatic rings. The van der Waals surface area contributed by atoms with Gasteiger partial charge < -0.3 is 14.7 Å². The van der Waals surface area contributed by atoms with Crippen molar-refractivity contribution >= 4 is 5.91 Å². The number of carbonyl (C=O) groups is 1. The van der Waals surface area contributed by atoms with Crippen LogP contribution in [0, 0.1) is 0 Å². The summed E-state index contributed by atoms with van der Waals surface area (Å²) in [5, 5.41) is 10.4. The number of rotatable bonds is 5. The van der Waals surface area contributed by atoms with E-state index in [0.29, 0.717) is 6.61 Å². The lowest BCUT2D eigenvalue weighted by atomic mass is 9.97. The molecule has 1 unspecified atom stereocenters. The third kappa shape index (κ3) is 3.61. The van der Waals surface area contributed by atoms with Crippen LogP contribution in [0.4, 0.5) is 0 Å². The molecule has 1 saturated heterocycles. The van der Waals surface area contributed by atoms with Gasteiger partial charge in [0.25, 0.3) is 0 Å². The van der Waals surface area contributed by atoms with E-state index in [1.165, 1.54) is 0 Å². The summed E-state index contributed by atoms with van der Waals surface area (Å²) >= 11 is 0. The van der Waals surface area contributed by atoms with Crippen molar-refractivity contribution in [1.82, 2.24) is 4.90 Å². The molecule has 0 spiro atoms. The highest BCUT2D eigenvalue weighted by Gasteiger charge is 2.37. The van der Waals surface area contributed by atoms with Gasteiger partial charge in [-0.05, 0) is 37.8 Å². The first kappa shape index (κ1) is 15.3. The molecule has 4 heteroatoms. The largest absolute Gasteiger partial charge is 0.491 e. The third-order valence-corrected chi connectivity index (χ3v) is 4.90. The maximum absolute atomic E-state index is 12.5. The zero-order chi connectivity index (χ0) is 15.4. The van der Waals surface area contributed by atoms with E-state index in [1.807, 2.05) is 35.2 Å². The van der Waals surface area contributed by atoms with Crippen molar-refractivity contribution in [2.75, 3.05) is 13.2 Å². The van der Waals surface area contributed by atoms with Crippen LogP contribution in [0.2, 0.25) is 0 Å². The van der Waals surface area contributed by atoms with Gasteiger partial charge in [0.05, 0.1) is 18.1 Å². The van der Waals surface area contributed by atoms with Crippen molar-refractivity contribution in [2.24, 2.45) is 0 Å². The molecule has 120 valence electrons. The van der Waals surface area contributed by atoms with Gasteiger partial charge in [0.1, 0.15) is 12.4 Å². The van der Waals surface area contributed by atoms with Gasteiger partial charge in [-0.25, -0.2) is 0 Å². The van der Waals surface area contributed by atoms with E-state index < -0.39 is 5.60 Å². The number of para-hydroxylation sites is 1. The van der Waals surface area contributed by atoms with Gasteiger partial charge in [-0.1, -0.05) is 31.0 Å². The number of benzene rings is 1. The van der Waals surface area contributed by atoms with Gasteiger partial charge in [-0.15, -0.1) is 0 Å². The Morgan fingerprint density at radius 2 is 1.95 bits per heavy atom. The van der Waals surface area contributed by atoms with Crippen molar-refractivity contribution in [3.05, 3.63) is 30.3 Å². The average Bonchev–Trinajstić information content (AvgIpc) is 3.15. The fraction of sp³-hybridized carbons (Fsp3) is 0.611. The summed E-state index contributed by atoms with van der Waals surface area (Å²) in [4.78, 5) is 14.5. The highest BCUT2D eigenvalue weighted by Crippen LogP contribution is 2.33. The Morgan fingerprint density at radius 1 is 1.23 bits per heavy atom. The zero-order valence-electron chi connectivity index (χ0n) is 13.0. The number of amides is 1. The smallest absolute Gasteiger partial charge is 0.225 e. The van der Waals surface area contributed by atoms with Gasteiger partial charge in [0.15, 0.2) is 0 Å². The molecular formula is C18H25NO3. The Morgan fingerprint density at radius 3 is 2.68 bits per heavy atom. The molecule has 3 rings (SSSR count). The van der Waals surface area contributed by atoms with Gasteiger partial charge >= 0.3 is 0 Å². The molecule has 2 fully saturated rings. The lowest BCUT2D eigenvalue weighted by Gasteiger charge is -2.29. The van der Waals surface area contributed by atoms with Gasteiger partial charge in [0.2, 0.25) is 5.91 Å². The number of likely N-dealkylation sites (tertiary alicyclic amines) is 1. The molecule has 0 aromatic heterocycles. The minimum absolute atomic E-state index is 0.0866. The lowest BCUT2D eigenvalue weighted by molar-refractivity contribution is -0.137. The topological polar surface area (TPSA) is 49.8 Å². The lowest BCUT2D eigenvalue weighted by Crippen LogP contribution is -2.42. The van der Waals surface area contributed by atoms with Crippen LogP contribution in [0.3, 0.4) is 0 Å². The summed E-state index contributed by atoms with van der Waals surface area (Å²) in [5.41, 5.74) is -0.759. The first-order valence-corrected chi connectivity index (χ1v) is 8.36. The molecule has 1 atom stereocenters. The van der Waals surface area contributed by atoms with Gasteiger partial charge in [-0.3, -0.25) is 4.79 Å². The second kappa shape index (κ2) is 6.69. The molecule has 4 nitrogen and oxygen atoms in total. The van der Waals surface area contributed by atoms with Crippen LogP contribution in [-0.2, 0) is 4.79 Å². The summed E-state index contributed by atoms with van der Waals surface area (Å²) in [5.74, 6) is 0.930.